The van der Waals surface area contributed by atoms with Crippen LogP contribution in [0.5, 0.6) is 0 Å². The predicted octanol–water partition coefficient (Wildman–Crippen LogP) is 2.27. The summed E-state index contributed by atoms with van der Waals surface area (Å²) < 4.78 is 22.7. The Bertz CT molecular complexity index is 941. The third-order valence-electron chi connectivity index (χ3n) is 4.95. The predicted molar refractivity (Wildman–Crippen MR) is 102 cm³/mol. The molecule has 1 unspecified atom stereocenters. The number of amides is 1. The Hall–Kier alpha value is -2.25. The van der Waals surface area contributed by atoms with Crippen molar-refractivity contribution < 1.29 is 13.2 Å². The van der Waals surface area contributed by atoms with Crippen molar-refractivity contribution in [1.82, 2.24) is 4.98 Å². The van der Waals surface area contributed by atoms with Crippen molar-refractivity contribution in [3.63, 3.8) is 0 Å². The summed E-state index contributed by atoms with van der Waals surface area (Å²) in [6, 6.07) is 8.09. The van der Waals surface area contributed by atoms with Crippen LogP contribution in [-0.4, -0.2) is 31.6 Å². The van der Waals surface area contributed by atoms with Gasteiger partial charge in [-0.3, -0.25) is 9.78 Å². The number of nitrogens with two attached hydrogens (primary N) is 1. The Kier molecular flexibility index (Phi) is 5.11. The summed E-state index contributed by atoms with van der Waals surface area (Å²) in [4.78, 5) is 17.8. The van der Waals surface area contributed by atoms with Crippen LogP contribution < -0.4 is 10.0 Å². The van der Waals surface area contributed by atoms with Crippen molar-refractivity contribution in [2.24, 2.45) is 5.14 Å². The van der Waals surface area contributed by atoms with Crippen LogP contribution >= 0.6 is 0 Å². The number of pyridine rings is 1. The number of anilines is 1. The highest BCUT2D eigenvalue weighted by Crippen LogP contribution is 2.31. The summed E-state index contributed by atoms with van der Waals surface area (Å²) in [6.45, 7) is 1.62. The zero-order valence-corrected chi connectivity index (χ0v) is 15.8. The quantitative estimate of drug-likeness (QED) is 0.870. The van der Waals surface area contributed by atoms with Crippen LogP contribution in [0, 0.1) is 0 Å². The molecule has 1 aliphatic heterocycles. The molecule has 1 atom stereocenters. The molecule has 0 bridgehead atoms. The first-order valence-corrected chi connectivity index (χ1v) is 10.2. The van der Waals surface area contributed by atoms with E-state index in [9.17, 15) is 13.2 Å². The average Bonchev–Trinajstić information content (AvgIpc) is 2.62. The van der Waals surface area contributed by atoms with Crippen LogP contribution in [0.4, 0.5) is 5.69 Å². The van der Waals surface area contributed by atoms with Gasteiger partial charge in [-0.1, -0.05) is 6.07 Å². The molecule has 1 aliphatic rings. The molecule has 6 nitrogen and oxygen atoms in total. The third-order valence-corrected chi connectivity index (χ3v) is 6.31. The van der Waals surface area contributed by atoms with Crippen LogP contribution in [0.15, 0.2) is 36.7 Å². The van der Waals surface area contributed by atoms with Crippen molar-refractivity contribution in [3.8, 4) is 11.1 Å². The highest BCUT2D eigenvalue weighted by Gasteiger charge is 2.21. The molecule has 3 rings (SSSR count). The number of benzene rings is 1. The number of primary sulfonamides is 1. The molecule has 26 heavy (non-hydrogen) atoms. The van der Waals surface area contributed by atoms with Gasteiger partial charge in [-0.05, 0) is 61.1 Å². The number of fused-ring (bicyclic) bond motifs is 1. The molecule has 0 spiro atoms. The Labute approximate surface area is 154 Å². The maximum Gasteiger partial charge on any atom is 0.227 e. The number of aryl methyl sites for hydroxylation is 2. The monoisotopic (exact) mass is 373 g/mol. The van der Waals surface area contributed by atoms with Crippen molar-refractivity contribution in [1.29, 1.82) is 0 Å². The summed E-state index contributed by atoms with van der Waals surface area (Å²) in [6.07, 6.45) is 5.87. The number of hydrogen-bond acceptors (Lipinski definition) is 4. The molecule has 0 aliphatic carbocycles. The molecule has 2 aromatic rings. The zero-order chi connectivity index (χ0) is 18.9. The summed E-state index contributed by atoms with van der Waals surface area (Å²) >= 11 is 0. The number of aromatic nitrogens is 1. The highest BCUT2D eigenvalue weighted by atomic mass is 32.2. The van der Waals surface area contributed by atoms with Crippen molar-refractivity contribution in [2.75, 3.05) is 11.9 Å². The van der Waals surface area contributed by atoms with Gasteiger partial charge in [0, 0.05) is 37.1 Å². The third kappa shape index (κ3) is 3.94. The SMILES string of the molecule is CC(CCc1cncc(-c2ccc3c(c2)CCC(=O)N3C)c1)S(N)(=O)=O. The van der Waals surface area contributed by atoms with Gasteiger partial charge < -0.3 is 4.90 Å². The van der Waals surface area contributed by atoms with E-state index in [1.54, 1.807) is 31.3 Å². The number of carbonyl (C=O) groups is 1. The fourth-order valence-corrected chi connectivity index (χ4v) is 3.60. The molecule has 7 heteroatoms. The van der Waals surface area contributed by atoms with Crippen molar-refractivity contribution in [3.05, 3.63) is 47.8 Å². The van der Waals surface area contributed by atoms with Crippen LogP contribution in [0.3, 0.4) is 0 Å². The molecule has 0 radical (unpaired) electrons. The van der Waals surface area contributed by atoms with Gasteiger partial charge in [0.1, 0.15) is 0 Å². The Balaban J connectivity index is 1.81. The van der Waals surface area contributed by atoms with Crippen molar-refractivity contribution >= 4 is 21.6 Å². The van der Waals surface area contributed by atoms with E-state index in [1.165, 1.54) is 0 Å². The lowest BCUT2D eigenvalue weighted by molar-refractivity contribution is -0.118. The van der Waals surface area contributed by atoms with Gasteiger partial charge in [-0.2, -0.15) is 0 Å². The minimum atomic E-state index is -3.51. The van der Waals surface area contributed by atoms with Gasteiger partial charge in [0.15, 0.2) is 0 Å². The second-order valence-electron chi connectivity index (χ2n) is 6.82. The largest absolute Gasteiger partial charge is 0.315 e. The first-order chi connectivity index (χ1) is 12.3. The average molecular weight is 373 g/mol. The Morgan fingerprint density at radius 3 is 2.69 bits per heavy atom. The van der Waals surface area contributed by atoms with E-state index < -0.39 is 15.3 Å². The van der Waals surface area contributed by atoms with Gasteiger partial charge in [0.25, 0.3) is 0 Å². The van der Waals surface area contributed by atoms with E-state index >= 15 is 0 Å². The van der Waals surface area contributed by atoms with Gasteiger partial charge >= 0.3 is 0 Å². The van der Waals surface area contributed by atoms with E-state index in [2.05, 4.69) is 11.1 Å². The standard InChI is InChI=1S/C19H23N3O3S/c1-13(26(20,24)25)3-4-14-9-17(12-21-11-14)15-5-7-18-16(10-15)6-8-19(23)22(18)2/h5,7,9-13H,3-4,6,8H2,1-2H3,(H2,20,24,25). The molecule has 0 saturated carbocycles. The summed E-state index contributed by atoms with van der Waals surface area (Å²) in [5.41, 5.74) is 5.10. The number of rotatable bonds is 5. The number of carbonyl (C=O) groups excluding carboxylic acids is 1. The van der Waals surface area contributed by atoms with Gasteiger partial charge in [-0.15, -0.1) is 0 Å². The fraction of sp³-hybridized carbons (Fsp3) is 0.368. The molecule has 2 N–H and O–H groups in total. The molecule has 0 fully saturated rings. The lowest BCUT2D eigenvalue weighted by Crippen LogP contribution is -2.30. The van der Waals surface area contributed by atoms with Gasteiger partial charge in [0.05, 0.1) is 5.25 Å². The normalized spacial score (nSPS) is 15.7. The molecule has 2 heterocycles. The topological polar surface area (TPSA) is 93.4 Å². The summed E-state index contributed by atoms with van der Waals surface area (Å²) in [5, 5.41) is 4.60. The maximum absolute atomic E-state index is 11.8. The van der Waals surface area contributed by atoms with Gasteiger partial charge in [-0.25, -0.2) is 13.6 Å². The number of hydrogen-bond donors (Lipinski definition) is 1. The van der Waals surface area contributed by atoms with Crippen LogP contribution in [0.25, 0.3) is 11.1 Å². The lowest BCUT2D eigenvalue weighted by atomic mass is 9.96. The summed E-state index contributed by atoms with van der Waals surface area (Å²) in [7, 11) is -1.71. The fourth-order valence-electron chi connectivity index (χ4n) is 3.15. The molecule has 138 valence electrons. The Morgan fingerprint density at radius 1 is 1.19 bits per heavy atom. The first kappa shape index (κ1) is 18.5. The minimum Gasteiger partial charge on any atom is -0.315 e. The number of sulfonamides is 1. The van der Waals surface area contributed by atoms with Crippen molar-refractivity contribution in [2.45, 2.75) is 37.9 Å². The van der Waals surface area contributed by atoms with E-state index in [0.29, 0.717) is 19.3 Å². The van der Waals surface area contributed by atoms with Crippen LogP contribution in [0.1, 0.15) is 30.9 Å². The summed E-state index contributed by atoms with van der Waals surface area (Å²) in [5.74, 6) is 0.137. The zero-order valence-electron chi connectivity index (χ0n) is 15.0. The maximum atomic E-state index is 11.8. The molecule has 1 amide bonds. The smallest absolute Gasteiger partial charge is 0.227 e. The van der Waals surface area contributed by atoms with Gasteiger partial charge in [0.2, 0.25) is 15.9 Å². The highest BCUT2D eigenvalue weighted by molar-refractivity contribution is 7.89. The van der Waals surface area contributed by atoms with E-state index in [4.69, 9.17) is 5.14 Å². The molecule has 0 saturated heterocycles. The van der Waals surface area contributed by atoms with E-state index in [1.807, 2.05) is 18.2 Å². The second-order valence-corrected chi connectivity index (χ2v) is 8.80. The minimum absolute atomic E-state index is 0.137. The number of nitrogens with zero attached hydrogens (tertiary/aromatic N) is 2. The van der Waals surface area contributed by atoms with Crippen LogP contribution in [0.2, 0.25) is 0 Å². The van der Waals surface area contributed by atoms with E-state index in [0.717, 1.165) is 34.4 Å². The first-order valence-electron chi connectivity index (χ1n) is 8.61. The second kappa shape index (κ2) is 7.17. The molecular formula is C19H23N3O3S. The molecular weight excluding hydrogens is 350 g/mol. The Morgan fingerprint density at radius 2 is 1.96 bits per heavy atom. The molecule has 1 aromatic carbocycles. The van der Waals surface area contributed by atoms with E-state index in [-0.39, 0.29) is 5.91 Å². The van der Waals surface area contributed by atoms with Crippen LogP contribution in [-0.2, 0) is 27.7 Å². The molecule has 1 aromatic heterocycles. The lowest BCUT2D eigenvalue weighted by Gasteiger charge is -2.26.